The maximum atomic E-state index is 13.0. The van der Waals surface area contributed by atoms with E-state index in [9.17, 15) is 4.79 Å². The molecule has 0 aliphatic carbocycles. The SMILES string of the molecule is C=C/C(=C\C)OCCC(=O)N(Cc1cccnc1)c1nc2cc(OC)ccc2s1. The predicted molar refractivity (Wildman–Crippen MR) is 116 cm³/mol. The highest BCUT2D eigenvalue weighted by Gasteiger charge is 2.20. The molecule has 0 atom stereocenters. The number of nitrogens with zero attached hydrogens (tertiary/aromatic N) is 3. The quantitative estimate of drug-likeness (QED) is 0.378. The summed E-state index contributed by atoms with van der Waals surface area (Å²) in [5, 5.41) is 0.636. The zero-order valence-corrected chi connectivity index (χ0v) is 17.3. The van der Waals surface area contributed by atoms with Gasteiger partial charge in [-0.3, -0.25) is 14.7 Å². The summed E-state index contributed by atoms with van der Waals surface area (Å²) >= 11 is 1.47. The Labute approximate surface area is 174 Å². The van der Waals surface area contributed by atoms with Crippen LogP contribution in [0, 0.1) is 0 Å². The van der Waals surface area contributed by atoms with Crippen molar-refractivity contribution in [3.8, 4) is 5.75 Å². The molecule has 0 fully saturated rings. The van der Waals surface area contributed by atoms with Crippen molar-refractivity contribution >= 4 is 32.6 Å². The molecule has 0 aliphatic rings. The topological polar surface area (TPSA) is 64.5 Å². The van der Waals surface area contributed by atoms with Gasteiger partial charge in [0.15, 0.2) is 5.13 Å². The number of ether oxygens (including phenoxy) is 2. The Morgan fingerprint density at radius 1 is 1.34 bits per heavy atom. The summed E-state index contributed by atoms with van der Waals surface area (Å²) in [6, 6.07) is 9.50. The molecule has 0 unspecified atom stereocenters. The first-order chi connectivity index (χ1) is 14.1. The number of fused-ring (bicyclic) bond motifs is 1. The van der Waals surface area contributed by atoms with Gasteiger partial charge < -0.3 is 9.47 Å². The standard InChI is InChI=1S/C22H23N3O3S/c1-4-17(5-2)28-12-10-21(26)25(15-16-7-6-11-23-14-16)22-24-19-13-18(27-3)8-9-20(19)29-22/h4-9,11,13-14H,1,10,12,15H2,2-3H3/b17-5+. The highest BCUT2D eigenvalue weighted by Crippen LogP contribution is 2.32. The van der Waals surface area contributed by atoms with Crippen molar-refractivity contribution in [1.82, 2.24) is 9.97 Å². The van der Waals surface area contributed by atoms with Gasteiger partial charge in [-0.2, -0.15) is 0 Å². The fraction of sp³-hybridized carbons (Fsp3) is 0.227. The van der Waals surface area contributed by atoms with Crippen LogP contribution in [0.25, 0.3) is 10.2 Å². The van der Waals surface area contributed by atoms with Crippen LogP contribution in [0.3, 0.4) is 0 Å². The van der Waals surface area contributed by atoms with Crippen LogP contribution >= 0.6 is 11.3 Å². The van der Waals surface area contributed by atoms with Crippen LogP contribution in [-0.4, -0.2) is 29.6 Å². The van der Waals surface area contributed by atoms with Gasteiger partial charge in [0.05, 0.1) is 36.9 Å². The average molecular weight is 410 g/mol. The first-order valence-electron chi connectivity index (χ1n) is 9.20. The van der Waals surface area contributed by atoms with E-state index in [2.05, 4.69) is 16.5 Å². The molecule has 150 valence electrons. The Morgan fingerprint density at radius 3 is 2.90 bits per heavy atom. The maximum absolute atomic E-state index is 13.0. The van der Waals surface area contributed by atoms with Gasteiger partial charge in [-0.25, -0.2) is 4.98 Å². The molecular weight excluding hydrogens is 386 g/mol. The summed E-state index contributed by atoms with van der Waals surface area (Å²) in [7, 11) is 1.62. The van der Waals surface area contributed by atoms with Crippen LogP contribution in [0.2, 0.25) is 0 Å². The highest BCUT2D eigenvalue weighted by molar-refractivity contribution is 7.22. The number of aromatic nitrogens is 2. The molecule has 0 aliphatic heterocycles. The number of anilines is 1. The third-order valence-corrected chi connectivity index (χ3v) is 5.31. The molecule has 29 heavy (non-hydrogen) atoms. The number of pyridine rings is 1. The van der Waals surface area contributed by atoms with Crippen molar-refractivity contribution in [2.45, 2.75) is 19.9 Å². The van der Waals surface area contributed by atoms with E-state index < -0.39 is 0 Å². The molecule has 0 spiro atoms. The van der Waals surface area contributed by atoms with Gasteiger partial charge >= 0.3 is 0 Å². The lowest BCUT2D eigenvalue weighted by molar-refractivity contribution is -0.119. The van der Waals surface area contributed by atoms with Crippen molar-refractivity contribution in [3.63, 3.8) is 0 Å². The lowest BCUT2D eigenvalue weighted by atomic mass is 10.2. The first-order valence-corrected chi connectivity index (χ1v) is 10.0. The zero-order chi connectivity index (χ0) is 20.6. The molecule has 0 N–H and O–H groups in total. The smallest absolute Gasteiger partial charge is 0.232 e. The van der Waals surface area contributed by atoms with Gasteiger partial charge in [-0.1, -0.05) is 24.0 Å². The molecule has 2 heterocycles. The second-order valence-corrected chi connectivity index (χ2v) is 7.17. The number of thiazole rings is 1. The normalized spacial score (nSPS) is 11.3. The van der Waals surface area contributed by atoms with E-state index in [1.165, 1.54) is 11.3 Å². The number of allylic oxidation sites excluding steroid dienone is 2. The largest absolute Gasteiger partial charge is 0.497 e. The Hall–Kier alpha value is -3.19. The number of amides is 1. The summed E-state index contributed by atoms with van der Waals surface area (Å²) in [6.45, 7) is 6.22. The molecule has 1 amide bonds. The van der Waals surface area contributed by atoms with Crippen LogP contribution in [0.1, 0.15) is 18.9 Å². The van der Waals surface area contributed by atoms with Crippen LogP contribution in [0.5, 0.6) is 5.75 Å². The number of hydrogen-bond acceptors (Lipinski definition) is 6. The van der Waals surface area contributed by atoms with E-state index >= 15 is 0 Å². The molecule has 7 heteroatoms. The minimum absolute atomic E-state index is 0.0700. The minimum Gasteiger partial charge on any atom is -0.497 e. The maximum Gasteiger partial charge on any atom is 0.232 e. The van der Waals surface area contributed by atoms with Crippen LogP contribution < -0.4 is 9.64 Å². The Bertz CT molecular complexity index is 1010. The lowest BCUT2D eigenvalue weighted by Gasteiger charge is -2.20. The number of carbonyl (C=O) groups excluding carboxylic acids is 1. The third-order valence-electron chi connectivity index (χ3n) is 4.25. The molecule has 3 aromatic rings. The van der Waals surface area contributed by atoms with Crippen LogP contribution in [-0.2, 0) is 16.1 Å². The van der Waals surface area contributed by atoms with Crippen molar-refractivity contribution in [2.24, 2.45) is 0 Å². The monoisotopic (exact) mass is 409 g/mol. The van der Waals surface area contributed by atoms with Crippen LogP contribution in [0.15, 0.2) is 67.2 Å². The molecule has 3 rings (SSSR count). The number of benzene rings is 1. The molecule has 0 saturated heterocycles. The van der Waals surface area contributed by atoms with Crippen molar-refractivity contribution < 1.29 is 14.3 Å². The van der Waals surface area contributed by atoms with Crippen molar-refractivity contribution in [2.75, 3.05) is 18.6 Å². The van der Waals surface area contributed by atoms with Gasteiger partial charge in [-0.05, 0) is 42.8 Å². The second kappa shape index (κ2) is 9.84. The predicted octanol–water partition coefficient (Wildman–Crippen LogP) is 4.73. The summed E-state index contributed by atoms with van der Waals surface area (Å²) in [4.78, 5) is 23.5. The van der Waals surface area contributed by atoms with Crippen molar-refractivity contribution in [1.29, 1.82) is 0 Å². The number of rotatable bonds is 9. The summed E-state index contributed by atoms with van der Waals surface area (Å²) in [5.41, 5.74) is 1.73. The summed E-state index contributed by atoms with van der Waals surface area (Å²) in [6.07, 6.45) is 7.12. The van der Waals surface area contributed by atoms with E-state index in [1.54, 1.807) is 30.5 Å². The third kappa shape index (κ3) is 5.20. The average Bonchev–Trinajstić information content (AvgIpc) is 3.18. The molecule has 6 nitrogen and oxygen atoms in total. The Kier molecular flexibility index (Phi) is 6.97. The number of methoxy groups -OCH3 is 1. The highest BCUT2D eigenvalue weighted by atomic mass is 32.1. The fourth-order valence-electron chi connectivity index (χ4n) is 2.73. The number of carbonyl (C=O) groups is 1. The number of hydrogen-bond donors (Lipinski definition) is 0. The lowest BCUT2D eigenvalue weighted by Crippen LogP contribution is -2.31. The first kappa shape index (κ1) is 20.5. The molecule has 0 radical (unpaired) electrons. The van der Waals surface area contributed by atoms with Gasteiger partial charge in [0.1, 0.15) is 11.5 Å². The van der Waals surface area contributed by atoms with Crippen molar-refractivity contribution in [3.05, 3.63) is 72.8 Å². The summed E-state index contributed by atoms with van der Waals surface area (Å²) in [5.74, 6) is 1.32. The summed E-state index contributed by atoms with van der Waals surface area (Å²) < 4.78 is 11.9. The van der Waals surface area contributed by atoms with Gasteiger partial charge in [-0.15, -0.1) is 0 Å². The molecular formula is C22H23N3O3S. The van der Waals surface area contributed by atoms with E-state index in [0.29, 0.717) is 17.4 Å². The Morgan fingerprint density at radius 2 is 2.21 bits per heavy atom. The molecule has 0 bridgehead atoms. The van der Waals surface area contributed by atoms with E-state index in [0.717, 1.165) is 21.5 Å². The molecule has 1 aromatic carbocycles. The van der Waals surface area contributed by atoms with E-state index in [-0.39, 0.29) is 18.9 Å². The van der Waals surface area contributed by atoms with Gasteiger partial charge in [0.2, 0.25) is 5.91 Å². The minimum atomic E-state index is -0.0700. The fourth-order valence-corrected chi connectivity index (χ4v) is 3.69. The Balaban J connectivity index is 1.84. The molecule has 2 aromatic heterocycles. The zero-order valence-electron chi connectivity index (χ0n) is 16.5. The van der Waals surface area contributed by atoms with E-state index in [4.69, 9.17) is 9.47 Å². The van der Waals surface area contributed by atoms with Gasteiger partial charge in [0.25, 0.3) is 0 Å². The molecule has 0 saturated carbocycles. The second-order valence-electron chi connectivity index (χ2n) is 6.16. The van der Waals surface area contributed by atoms with E-state index in [1.807, 2.05) is 43.3 Å². The van der Waals surface area contributed by atoms with Crippen LogP contribution in [0.4, 0.5) is 5.13 Å². The van der Waals surface area contributed by atoms with Gasteiger partial charge in [0, 0.05) is 18.5 Å².